The van der Waals surface area contributed by atoms with Gasteiger partial charge in [0.15, 0.2) is 0 Å². The Morgan fingerprint density at radius 1 is 1.44 bits per heavy atom. The lowest BCUT2D eigenvalue weighted by molar-refractivity contribution is 0.0540. The molecule has 3 nitrogen and oxygen atoms in total. The zero-order valence-electron chi connectivity index (χ0n) is 10.0. The second-order valence-corrected chi connectivity index (χ2v) is 4.93. The van der Waals surface area contributed by atoms with Crippen molar-refractivity contribution in [3.63, 3.8) is 0 Å². The largest absolute Gasteiger partial charge is 0.397 e. The Hall–Kier alpha value is -1.22. The fourth-order valence-corrected chi connectivity index (χ4v) is 2.14. The highest BCUT2D eigenvalue weighted by Gasteiger charge is 2.27. The minimum Gasteiger partial charge on any atom is -0.397 e. The number of hydrogen-bond donors (Lipinski definition) is 2. The predicted octanol–water partition coefficient (Wildman–Crippen LogP) is 2.56. The maximum atomic E-state index is 5.96. The number of ether oxygens (including phenoxy) is 1. The first-order chi connectivity index (χ1) is 7.59. The number of anilines is 2. The zero-order chi connectivity index (χ0) is 11.6. The standard InChI is InChI=1S/C13H20N2O/c1-10-4-5-11(14)12(8-10)15-13(2)6-3-7-16-9-13/h4-5,8,15H,3,6-7,9,14H2,1-2H3. The van der Waals surface area contributed by atoms with Crippen LogP contribution >= 0.6 is 0 Å². The highest BCUT2D eigenvalue weighted by molar-refractivity contribution is 5.67. The average Bonchev–Trinajstić information content (AvgIpc) is 2.24. The predicted molar refractivity (Wildman–Crippen MR) is 67.7 cm³/mol. The molecule has 16 heavy (non-hydrogen) atoms. The van der Waals surface area contributed by atoms with E-state index in [1.165, 1.54) is 5.56 Å². The third-order valence-corrected chi connectivity index (χ3v) is 3.08. The summed E-state index contributed by atoms with van der Waals surface area (Å²) in [4.78, 5) is 0. The van der Waals surface area contributed by atoms with E-state index in [1.54, 1.807) is 0 Å². The van der Waals surface area contributed by atoms with E-state index in [-0.39, 0.29) is 5.54 Å². The minimum atomic E-state index is 0.0141. The Morgan fingerprint density at radius 2 is 2.25 bits per heavy atom. The number of rotatable bonds is 2. The summed E-state index contributed by atoms with van der Waals surface area (Å²) in [6.45, 7) is 5.89. The first kappa shape index (κ1) is 11.3. The number of benzene rings is 1. The van der Waals surface area contributed by atoms with E-state index < -0.39 is 0 Å². The summed E-state index contributed by atoms with van der Waals surface area (Å²) in [5.41, 5.74) is 9.02. The van der Waals surface area contributed by atoms with Crippen LogP contribution in [0.2, 0.25) is 0 Å². The maximum absolute atomic E-state index is 5.96. The first-order valence-corrected chi connectivity index (χ1v) is 5.81. The van der Waals surface area contributed by atoms with Crippen LogP contribution in [-0.2, 0) is 4.74 Å². The number of nitrogens with two attached hydrogens (primary N) is 1. The quantitative estimate of drug-likeness (QED) is 0.753. The van der Waals surface area contributed by atoms with Gasteiger partial charge in [0.25, 0.3) is 0 Å². The molecule has 1 aliphatic rings. The van der Waals surface area contributed by atoms with Crippen LogP contribution in [-0.4, -0.2) is 18.8 Å². The topological polar surface area (TPSA) is 47.3 Å². The van der Waals surface area contributed by atoms with Gasteiger partial charge in [-0.2, -0.15) is 0 Å². The van der Waals surface area contributed by atoms with Gasteiger partial charge in [0.2, 0.25) is 0 Å². The van der Waals surface area contributed by atoms with E-state index in [1.807, 2.05) is 12.1 Å². The van der Waals surface area contributed by atoms with Gasteiger partial charge in [0.05, 0.1) is 23.5 Å². The summed E-state index contributed by atoms with van der Waals surface area (Å²) in [5, 5.41) is 3.52. The van der Waals surface area contributed by atoms with Crippen LogP contribution in [0.5, 0.6) is 0 Å². The van der Waals surface area contributed by atoms with Crippen LogP contribution in [0, 0.1) is 6.92 Å². The molecule has 3 N–H and O–H groups in total. The molecule has 0 radical (unpaired) electrons. The highest BCUT2D eigenvalue weighted by atomic mass is 16.5. The SMILES string of the molecule is Cc1ccc(N)c(NC2(C)CCCOC2)c1. The molecular formula is C13H20N2O. The van der Waals surface area contributed by atoms with Gasteiger partial charge >= 0.3 is 0 Å². The molecule has 0 aliphatic carbocycles. The zero-order valence-corrected chi connectivity index (χ0v) is 10.0. The van der Waals surface area contributed by atoms with E-state index in [2.05, 4.69) is 25.2 Å². The molecule has 0 bridgehead atoms. The molecule has 1 aliphatic heterocycles. The third-order valence-electron chi connectivity index (χ3n) is 3.08. The maximum Gasteiger partial charge on any atom is 0.0693 e. The van der Waals surface area contributed by atoms with Crippen molar-refractivity contribution in [2.24, 2.45) is 0 Å². The number of hydrogen-bond acceptors (Lipinski definition) is 3. The molecule has 1 saturated heterocycles. The van der Waals surface area contributed by atoms with Crippen molar-refractivity contribution in [1.29, 1.82) is 0 Å². The fourth-order valence-electron chi connectivity index (χ4n) is 2.14. The Morgan fingerprint density at radius 3 is 2.94 bits per heavy atom. The third kappa shape index (κ3) is 2.47. The second-order valence-electron chi connectivity index (χ2n) is 4.93. The molecule has 0 spiro atoms. The van der Waals surface area contributed by atoms with Gasteiger partial charge in [-0.3, -0.25) is 0 Å². The van der Waals surface area contributed by atoms with Crippen molar-refractivity contribution in [1.82, 2.24) is 0 Å². The molecule has 1 atom stereocenters. The van der Waals surface area contributed by atoms with Crippen molar-refractivity contribution in [2.75, 3.05) is 24.3 Å². The van der Waals surface area contributed by atoms with Crippen molar-refractivity contribution in [2.45, 2.75) is 32.2 Å². The molecule has 2 rings (SSSR count). The fraction of sp³-hybridized carbons (Fsp3) is 0.538. The van der Waals surface area contributed by atoms with Gasteiger partial charge in [0, 0.05) is 6.61 Å². The van der Waals surface area contributed by atoms with Crippen molar-refractivity contribution < 1.29 is 4.74 Å². The van der Waals surface area contributed by atoms with E-state index in [4.69, 9.17) is 10.5 Å². The van der Waals surface area contributed by atoms with Crippen molar-refractivity contribution in [3.05, 3.63) is 23.8 Å². The van der Waals surface area contributed by atoms with E-state index in [9.17, 15) is 0 Å². The summed E-state index contributed by atoms with van der Waals surface area (Å²) in [6.07, 6.45) is 2.23. The number of nitrogen functional groups attached to an aromatic ring is 1. The van der Waals surface area contributed by atoms with Crippen LogP contribution in [0.4, 0.5) is 11.4 Å². The Bertz CT molecular complexity index is 370. The monoisotopic (exact) mass is 220 g/mol. The molecule has 0 aromatic heterocycles. The molecule has 88 valence electrons. The smallest absolute Gasteiger partial charge is 0.0693 e. The lowest BCUT2D eigenvalue weighted by atomic mass is 9.94. The van der Waals surface area contributed by atoms with Gasteiger partial charge < -0.3 is 15.8 Å². The van der Waals surface area contributed by atoms with Crippen LogP contribution in [0.1, 0.15) is 25.3 Å². The minimum absolute atomic E-state index is 0.0141. The molecule has 1 aromatic carbocycles. The number of nitrogens with one attached hydrogen (secondary N) is 1. The summed E-state index contributed by atoms with van der Waals surface area (Å²) in [6, 6.07) is 6.07. The van der Waals surface area contributed by atoms with E-state index in [0.717, 1.165) is 37.4 Å². The first-order valence-electron chi connectivity index (χ1n) is 5.81. The summed E-state index contributed by atoms with van der Waals surface area (Å²) < 4.78 is 5.52. The molecule has 3 heteroatoms. The van der Waals surface area contributed by atoms with E-state index in [0.29, 0.717) is 0 Å². The highest BCUT2D eigenvalue weighted by Crippen LogP contribution is 2.28. The van der Waals surface area contributed by atoms with Gasteiger partial charge in [0.1, 0.15) is 0 Å². The Labute approximate surface area is 97.0 Å². The molecule has 1 heterocycles. The number of aryl methyl sites for hydroxylation is 1. The van der Waals surface area contributed by atoms with Crippen LogP contribution < -0.4 is 11.1 Å². The Kier molecular flexibility index (Phi) is 3.06. The molecule has 1 aromatic rings. The molecular weight excluding hydrogens is 200 g/mol. The molecule has 0 saturated carbocycles. The lowest BCUT2D eigenvalue weighted by Gasteiger charge is -2.35. The average molecular weight is 220 g/mol. The van der Waals surface area contributed by atoms with Crippen molar-refractivity contribution in [3.8, 4) is 0 Å². The van der Waals surface area contributed by atoms with E-state index >= 15 is 0 Å². The van der Waals surface area contributed by atoms with Crippen LogP contribution in [0.25, 0.3) is 0 Å². The van der Waals surface area contributed by atoms with Crippen LogP contribution in [0.3, 0.4) is 0 Å². The lowest BCUT2D eigenvalue weighted by Crippen LogP contribution is -2.43. The molecule has 0 amide bonds. The Balaban J connectivity index is 2.15. The van der Waals surface area contributed by atoms with Gasteiger partial charge in [-0.05, 0) is 44.4 Å². The summed E-state index contributed by atoms with van der Waals surface area (Å²) >= 11 is 0. The second kappa shape index (κ2) is 4.34. The summed E-state index contributed by atoms with van der Waals surface area (Å²) in [5.74, 6) is 0. The summed E-state index contributed by atoms with van der Waals surface area (Å²) in [7, 11) is 0. The molecule has 1 fully saturated rings. The normalized spacial score (nSPS) is 25.4. The van der Waals surface area contributed by atoms with Crippen LogP contribution in [0.15, 0.2) is 18.2 Å². The molecule has 1 unspecified atom stereocenters. The van der Waals surface area contributed by atoms with Gasteiger partial charge in [-0.15, -0.1) is 0 Å². The van der Waals surface area contributed by atoms with Gasteiger partial charge in [-0.25, -0.2) is 0 Å². The van der Waals surface area contributed by atoms with Crippen molar-refractivity contribution >= 4 is 11.4 Å². The van der Waals surface area contributed by atoms with Gasteiger partial charge in [-0.1, -0.05) is 6.07 Å².